The van der Waals surface area contributed by atoms with Crippen LogP contribution >= 0.6 is 0 Å². The van der Waals surface area contributed by atoms with Crippen LogP contribution in [0.3, 0.4) is 0 Å². The fourth-order valence-electron chi connectivity index (χ4n) is 5.21. The topological polar surface area (TPSA) is 92.7 Å². The molecule has 0 spiro atoms. The maximum absolute atomic E-state index is 12.6. The highest BCUT2D eigenvalue weighted by Gasteiger charge is 2.27. The van der Waals surface area contributed by atoms with Gasteiger partial charge in [-0.25, -0.2) is 9.67 Å². The number of carbonyl (C=O) groups is 1. The molecule has 2 heterocycles. The summed E-state index contributed by atoms with van der Waals surface area (Å²) in [5.41, 5.74) is 1.25. The molecule has 2 fully saturated rings. The van der Waals surface area contributed by atoms with Gasteiger partial charge in [-0.3, -0.25) is 9.59 Å². The van der Waals surface area contributed by atoms with Crippen LogP contribution in [0.2, 0.25) is 0 Å². The number of nitrogens with one attached hydrogen (secondary N) is 2. The number of benzene rings is 1. The van der Waals surface area contributed by atoms with Gasteiger partial charge in [0.25, 0.3) is 11.5 Å². The summed E-state index contributed by atoms with van der Waals surface area (Å²) in [6.07, 6.45) is 11.2. The lowest BCUT2D eigenvalue weighted by Crippen LogP contribution is -2.39. The van der Waals surface area contributed by atoms with E-state index in [-0.39, 0.29) is 23.6 Å². The van der Waals surface area contributed by atoms with Crippen LogP contribution in [-0.2, 0) is 6.42 Å². The molecular weight excluding hydrogens is 390 g/mol. The van der Waals surface area contributed by atoms with Crippen molar-refractivity contribution < 1.29 is 4.79 Å². The maximum Gasteiger partial charge on any atom is 0.262 e. The molecule has 162 valence electrons. The summed E-state index contributed by atoms with van der Waals surface area (Å²) in [6.45, 7) is 0. The van der Waals surface area contributed by atoms with E-state index in [1.807, 2.05) is 35.0 Å². The van der Waals surface area contributed by atoms with Gasteiger partial charge in [0.1, 0.15) is 11.2 Å². The van der Waals surface area contributed by atoms with E-state index in [0.717, 1.165) is 37.9 Å². The van der Waals surface area contributed by atoms with Gasteiger partial charge >= 0.3 is 0 Å². The van der Waals surface area contributed by atoms with Crippen LogP contribution in [0, 0.1) is 5.92 Å². The average molecular weight is 420 g/mol. The van der Waals surface area contributed by atoms with Gasteiger partial charge in [0.05, 0.1) is 12.2 Å². The van der Waals surface area contributed by atoms with Gasteiger partial charge in [0, 0.05) is 18.0 Å². The molecule has 2 saturated carbocycles. The van der Waals surface area contributed by atoms with Crippen molar-refractivity contribution in [2.24, 2.45) is 5.92 Å². The molecule has 0 radical (unpaired) electrons. The summed E-state index contributed by atoms with van der Waals surface area (Å²) < 4.78 is 1.92. The third kappa shape index (κ3) is 4.27. The van der Waals surface area contributed by atoms with E-state index in [0.29, 0.717) is 22.5 Å². The number of nitrogens with zero attached hydrogens (tertiary/aromatic N) is 3. The average Bonchev–Trinajstić information content (AvgIpc) is 3.45. The van der Waals surface area contributed by atoms with Gasteiger partial charge in [-0.1, -0.05) is 43.9 Å². The summed E-state index contributed by atoms with van der Waals surface area (Å²) in [4.78, 5) is 33.0. The first kappa shape index (κ1) is 20.0. The van der Waals surface area contributed by atoms with E-state index < -0.39 is 0 Å². The minimum atomic E-state index is -0.103. The van der Waals surface area contributed by atoms with E-state index in [1.165, 1.54) is 25.7 Å². The number of amides is 1. The van der Waals surface area contributed by atoms with Crippen LogP contribution < -0.4 is 10.9 Å². The Balaban J connectivity index is 1.35. The van der Waals surface area contributed by atoms with Crippen molar-refractivity contribution in [3.63, 3.8) is 0 Å². The van der Waals surface area contributed by atoms with Gasteiger partial charge in [-0.2, -0.15) is 5.10 Å². The van der Waals surface area contributed by atoms with Crippen LogP contribution in [0.5, 0.6) is 0 Å². The second kappa shape index (κ2) is 8.65. The zero-order chi connectivity index (χ0) is 21.2. The van der Waals surface area contributed by atoms with Gasteiger partial charge in [-0.05, 0) is 43.7 Å². The molecule has 2 N–H and O–H groups in total. The second-order valence-electron chi connectivity index (χ2n) is 9.05. The molecule has 0 bridgehead atoms. The minimum Gasteiger partial charge on any atom is -0.349 e. The third-order valence-electron chi connectivity index (χ3n) is 6.83. The number of hydrogen-bond donors (Lipinski definition) is 2. The number of carbonyl (C=O) groups excluding carboxylic acids is 1. The first-order valence-electron chi connectivity index (χ1n) is 11.5. The quantitative estimate of drug-likeness (QED) is 0.658. The number of aromatic amines is 1. The monoisotopic (exact) mass is 419 g/mol. The summed E-state index contributed by atoms with van der Waals surface area (Å²) in [7, 11) is 0. The Morgan fingerprint density at radius 3 is 2.71 bits per heavy atom. The van der Waals surface area contributed by atoms with E-state index in [9.17, 15) is 9.59 Å². The number of H-pyrrole nitrogens is 1. The standard InChI is InChI=1S/C24H29N5O2/c30-23(17-9-2-1-3-10-17)26-18-11-6-12-19(14-18)29-22-20(15-25-29)24(31)28-21(27-22)13-16-7-4-5-8-16/h1-3,9-10,15-16,18-19H,4-8,11-14H2,(H,26,30)(H,27,28,31)/t18-,19+/m0/s1. The van der Waals surface area contributed by atoms with Crippen molar-refractivity contribution in [1.82, 2.24) is 25.1 Å². The Kier molecular flexibility index (Phi) is 5.57. The molecule has 2 aromatic heterocycles. The smallest absolute Gasteiger partial charge is 0.262 e. The molecular formula is C24H29N5O2. The molecule has 7 heteroatoms. The Morgan fingerprint density at radius 2 is 1.90 bits per heavy atom. The fraction of sp³-hybridized carbons (Fsp3) is 0.500. The van der Waals surface area contributed by atoms with E-state index in [1.54, 1.807) is 6.20 Å². The predicted octanol–water partition coefficient (Wildman–Crippen LogP) is 3.77. The molecule has 31 heavy (non-hydrogen) atoms. The number of aromatic nitrogens is 4. The first-order chi connectivity index (χ1) is 15.2. The van der Waals surface area contributed by atoms with Crippen LogP contribution in [0.1, 0.15) is 73.6 Å². The van der Waals surface area contributed by atoms with E-state index in [4.69, 9.17) is 4.98 Å². The maximum atomic E-state index is 12.6. The van der Waals surface area contributed by atoms with Crippen LogP contribution in [0.4, 0.5) is 0 Å². The highest BCUT2D eigenvalue weighted by atomic mass is 16.1. The zero-order valence-electron chi connectivity index (χ0n) is 17.7. The number of fused-ring (bicyclic) bond motifs is 1. The molecule has 1 amide bonds. The van der Waals surface area contributed by atoms with Crippen LogP contribution in [-0.4, -0.2) is 31.7 Å². The van der Waals surface area contributed by atoms with Gasteiger partial charge < -0.3 is 10.3 Å². The molecule has 2 aliphatic carbocycles. The van der Waals surface area contributed by atoms with Gasteiger partial charge in [0.2, 0.25) is 0 Å². The lowest BCUT2D eigenvalue weighted by Gasteiger charge is -2.30. The molecule has 0 saturated heterocycles. The summed E-state index contributed by atoms with van der Waals surface area (Å²) in [5.74, 6) is 1.35. The largest absolute Gasteiger partial charge is 0.349 e. The number of rotatable bonds is 5. The van der Waals surface area contributed by atoms with E-state index >= 15 is 0 Å². The normalized spacial score (nSPS) is 22.1. The van der Waals surface area contributed by atoms with Crippen molar-refractivity contribution in [1.29, 1.82) is 0 Å². The molecule has 2 aliphatic rings. The van der Waals surface area contributed by atoms with E-state index in [2.05, 4.69) is 15.4 Å². The summed E-state index contributed by atoms with van der Waals surface area (Å²) >= 11 is 0. The molecule has 7 nitrogen and oxygen atoms in total. The van der Waals surface area contributed by atoms with Crippen molar-refractivity contribution in [2.75, 3.05) is 0 Å². The van der Waals surface area contributed by atoms with Crippen molar-refractivity contribution in [3.8, 4) is 0 Å². The molecule has 0 unspecified atom stereocenters. The summed E-state index contributed by atoms with van der Waals surface area (Å²) in [6, 6.07) is 9.54. The SMILES string of the molecule is O=C(N[C@H]1CCC[C@@H](n2ncc3c(=O)[nH]c(CC4CCCC4)nc32)C1)c1ccccc1. The van der Waals surface area contributed by atoms with Crippen LogP contribution in [0.15, 0.2) is 41.3 Å². The van der Waals surface area contributed by atoms with Crippen LogP contribution in [0.25, 0.3) is 11.0 Å². The fourth-order valence-corrected chi connectivity index (χ4v) is 5.21. The Bertz CT molecular complexity index is 1110. The predicted molar refractivity (Wildman–Crippen MR) is 119 cm³/mol. The summed E-state index contributed by atoms with van der Waals surface area (Å²) in [5, 5.41) is 8.27. The molecule has 3 aromatic rings. The molecule has 1 aromatic carbocycles. The van der Waals surface area contributed by atoms with Crippen molar-refractivity contribution in [3.05, 3.63) is 58.3 Å². The van der Waals surface area contributed by atoms with Crippen molar-refractivity contribution in [2.45, 2.75) is 69.9 Å². The Morgan fingerprint density at radius 1 is 1.10 bits per heavy atom. The molecule has 2 atom stereocenters. The molecule has 0 aliphatic heterocycles. The highest BCUT2D eigenvalue weighted by Crippen LogP contribution is 2.31. The third-order valence-corrected chi connectivity index (χ3v) is 6.83. The minimum absolute atomic E-state index is 0.0370. The van der Waals surface area contributed by atoms with Gasteiger partial charge in [-0.15, -0.1) is 0 Å². The second-order valence-corrected chi connectivity index (χ2v) is 9.05. The highest BCUT2D eigenvalue weighted by molar-refractivity contribution is 5.94. The molecule has 5 rings (SSSR count). The zero-order valence-corrected chi connectivity index (χ0v) is 17.7. The van der Waals surface area contributed by atoms with Crippen molar-refractivity contribution >= 4 is 16.9 Å². The van der Waals surface area contributed by atoms with Gasteiger partial charge in [0.15, 0.2) is 5.65 Å². The lowest BCUT2D eigenvalue weighted by atomic mass is 9.91. The lowest BCUT2D eigenvalue weighted by molar-refractivity contribution is 0.0919. The number of hydrogen-bond acceptors (Lipinski definition) is 4. The Hall–Kier alpha value is -2.96. The first-order valence-corrected chi connectivity index (χ1v) is 11.5. The Labute approximate surface area is 181 Å².